The average Bonchev–Trinajstić information content (AvgIpc) is 2.77. The minimum Gasteiger partial charge on any atom is -0.493 e. The summed E-state index contributed by atoms with van der Waals surface area (Å²) in [5.41, 5.74) is 7.46. The van der Waals surface area contributed by atoms with E-state index in [9.17, 15) is 0 Å². The predicted molar refractivity (Wildman–Crippen MR) is 118 cm³/mol. The maximum atomic E-state index is 6.08. The number of hydrogen-bond acceptors (Lipinski definition) is 8. The molecule has 4 rings (SSSR count). The molecule has 2 N–H and O–H groups in total. The van der Waals surface area contributed by atoms with Gasteiger partial charge in [-0.3, -0.25) is 4.90 Å². The lowest BCUT2D eigenvalue weighted by Gasteiger charge is -2.26. The Labute approximate surface area is 180 Å². The van der Waals surface area contributed by atoms with Crippen LogP contribution in [0.1, 0.15) is 6.42 Å². The number of nitrogen functional groups attached to an aromatic ring is 1. The molecule has 1 saturated heterocycles. The molecule has 8 heteroatoms. The molecule has 0 radical (unpaired) electrons. The number of aromatic nitrogens is 2. The van der Waals surface area contributed by atoms with E-state index >= 15 is 0 Å². The summed E-state index contributed by atoms with van der Waals surface area (Å²) in [5.74, 6) is 1.38. The van der Waals surface area contributed by atoms with Gasteiger partial charge in [0, 0.05) is 41.7 Å². The third kappa shape index (κ3) is 5.13. The fourth-order valence-electron chi connectivity index (χ4n) is 3.38. The van der Waals surface area contributed by atoms with Gasteiger partial charge in [-0.25, -0.2) is 9.97 Å². The van der Waals surface area contributed by atoms with Gasteiger partial charge in [0.1, 0.15) is 11.4 Å². The van der Waals surface area contributed by atoms with E-state index in [1.807, 2.05) is 36.4 Å². The normalized spacial score (nSPS) is 14.7. The highest BCUT2D eigenvalue weighted by Crippen LogP contribution is 2.37. The molecule has 30 heavy (non-hydrogen) atoms. The third-order valence-corrected chi connectivity index (χ3v) is 5.95. The molecule has 1 aliphatic rings. The molecule has 1 aliphatic heterocycles. The van der Waals surface area contributed by atoms with Gasteiger partial charge < -0.3 is 19.9 Å². The first-order valence-electron chi connectivity index (χ1n) is 10.0. The highest BCUT2D eigenvalue weighted by Gasteiger charge is 2.14. The number of benzene rings is 2. The van der Waals surface area contributed by atoms with E-state index in [4.69, 9.17) is 19.9 Å². The van der Waals surface area contributed by atoms with Crippen molar-refractivity contribution in [2.24, 2.45) is 0 Å². The molecule has 0 atom stereocenters. The van der Waals surface area contributed by atoms with Crippen molar-refractivity contribution in [1.29, 1.82) is 0 Å². The van der Waals surface area contributed by atoms with Crippen LogP contribution in [0.4, 0.5) is 5.69 Å². The number of hydrogen-bond donors (Lipinski definition) is 1. The molecule has 1 fully saturated rings. The van der Waals surface area contributed by atoms with Crippen molar-refractivity contribution in [3.05, 3.63) is 42.7 Å². The Bertz CT molecular complexity index is 995. The van der Waals surface area contributed by atoms with E-state index in [1.165, 1.54) is 0 Å². The van der Waals surface area contributed by atoms with E-state index in [0.717, 1.165) is 65.8 Å². The quantitative estimate of drug-likeness (QED) is 0.333. The Kier molecular flexibility index (Phi) is 6.88. The smallest absolute Gasteiger partial charge is 0.162 e. The Morgan fingerprint density at radius 3 is 2.80 bits per heavy atom. The molecular weight excluding hydrogens is 400 g/mol. The minimum atomic E-state index is 0.616. The lowest BCUT2D eigenvalue weighted by Crippen LogP contribution is -2.37. The zero-order chi connectivity index (χ0) is 20.8. The summed E-state index contributed by atoms with van der Waals surface area (Å²) < 4.78 is 17.0. The topological polar surface area (TPSA) is 82.7 Å². The lowest BCUT2D eigenvalue weighted by atomic mass is 10.2. The Hall–Kier alpha value is -2.55. The van der Waals surface area contributed by atoms with E-state index in [2.05, 4.69) is 14.9 Å². The third-order valence-electron chi connectivity index (χ3n) is 4.94. The molecule has 158 valence electrons. The number of morpholine rings is 1. The maximum Gasteiger partial charge on any atom is 0.162 e. The van der Waals surface area contributed by atoms with Crippen molar-refractivity contribution in [3.8, 4) is 11.5 Å². The number of anilines is 1. The summed E-state index contributed by atoms with van der Waals surface area (Å²) in [6.07, 6.45) is 2.51. The highest BCUT2D eigenvalue weighted by molar-refractivity contribution is 7.99. The summed E-state index contributed by atoms with van der Waals surface area (Å²) in [4.78, 5) is 12.3. The number of fused-ring (bicyclic) bond motifs is 1. The fourth-order valence-corrected chi connectivity index (χ4v) is 4.32. The Morgan fingerprint density at radius 1 is 1.13 bits per heavy atom. The molecule has 0 amide bonds. The molecule has 0 saturated carbocycles. The number of ether oxygens (including phenoxy) is 3. The average molecular weight is 427 g/mol. The molecule has 0 aliphatic carbocycles. The van der Waals surface area contributed by atoms with E-state index < -0.39 is 0 Å². The van der Waals surface area contributed by atoms with Crippen molar-refractivity contribution < 1.29 is 14.2 Å². The van der Waals surface area contributed by atoms with Crippen LogP contribution in [-0.2, 0) is 4.74 Å². The van der Waals surface area contributed by atoms with Crippen LogP contribution in [0, 0.1) is 0 Å². The van der Waals surface area contributed by atoms with Gasteiger partial charge in [0.05, 0.1) is 32.4 Å². The summed E-state index contributed by atoms with van der Waals surface area (Å²) >= 11 is 1.55. The number of methoxy groups -OCH3 is 1. The first kappa shape index (κ1) is 20.7. The van der Waals surface area contributed by atoms with Gasteiger partial charge in [-0.05, 0) is 30.7 Å². The molecule has 3 aromatic rings. The molecule has 0 unspecified atom stereocenters. The molecule has 0 bridgehead atoms. The number of nitrogens with two attached hydrogens (primary N) is 1. The second kappa shape index (κ2) is 9.97. The van der Waals surface area contributed by atoms with Crippen molar-refractivity contribution in [2.75, 3.05) is 52.3 Å². The Morgan fingerprint density at radius 2 is 2.00 bits per heavy atom. The monoisotopic (exact) mass is 426 g/mol. The molecule has 2 aromatic carbocycles. The number of rotatable bonds is 8. The first-order chi connectivity index (χ1) is 14.7. The molecular formula is C22H26N4O3S. The van der Waals surface area contributed by atoms with Crippen LogP contribution in [0.5, 0.6) is 11.5 Å². The van der Waals surface area contributed by atoms with Crippen LogP contribution in [0.25, 0.3) is 10.9 Å². The van der Waals surface area contributed by atoms with Gasteiger partial charge in [-0.15, -0.1) is 0 Å². The second-order valence-electron chi connectivity index (χ2n) is 7.03. The van der Waals surface area contributed by atoms with E-state index in [-0.39, 0.29) is 0 Å². The molecule has 1 aromatic heterocycles. The van der Waals surface area contributed by atoms with Crippen molar-refractivity contribution in [3.63, 3.8) is 0 Å². The van der Waals surface area contributed by atoms with E-state index in [0.29, 0.717) is 18.1 Å². The van der Waals surface area contributed by atoms with Gasteiger partial charge in [-0.2, -0.15) is 0 Å². The molecule has 0 spiro atoms. The van der Waals surface area contributed by atoms with Crippen molar-refractivity contribution in [1.82, 2.24) is 14.9 Å². The fraction of sp³-hybridized carbons (Fsp3) is 0.364. The first-order valence-corrected chi connectivity index (χ1v) is 10.8. The second-order valence-corrected chi connectivity index (χ2v) is 8.09. The molecule has 7 nitrogen and oxygen atoms in total. The largest absolute Gasteiger partial charge is 0.493 e. The number of nitrogens with zero attached hydrogens (tertiary/aromatic N) is 3. The van der Waals surface area contributed by atoms with Crippen LogP contribution in [-0.4, -0.2) is 61.4 Å². The molecule has 2 heterocycles. The summed E-state index contributed by atoms with van der Waals surface area (Å²) in [5, 5.41) is 1.78. The summed E-state index contributed by atoms with van der Waals surface area (Å²) in [7, 11) is 1.64. The summed E-state index contributed by atoms with van der Waals surface area (Å²) in [6, 6.07) is 11.6. The van der Waals surface area contributed by atoms with Crippen LogP contribution in [0.3, 0.4) is 0 Å². The van der Waals surface area contributed by atoms with Gasteiger partial charge in [-0.1, -0.05) is 17.8 Å². The standard InChI is InChI=1S/C22H26N4O3S/c1-27-20-14-19-18(13-21(20)29-9-3-6-26-7-10-28-11-8-26)22(25-15-24-19)30-17-5-2-4-16(23)12-17/h2,4-5,12-15H,3,6-11,23H2,1H3. The van der Waals surface area contributed by atoms with Crippen LogP contribution in [0.2, 0.25) is 0 Å². The van der Waals surface area contributed by atoms with Crippen LogP contribution < -0.4 is 15.2 Å². The zero-order valence-corrected chi connectivity index (χ0v) is 17.9. The highest BCUT2D eigenvalue weighted by atomic mass is 32.2. The lowest BCUT2D eigenvalue weighted by molar-refractivity contribution is 0.0357. The van der Waals surface area contributed by atoms with Gasteiger partial charge in [0.25, 0.3) is 0 Å². The minimum absolute atomic E-state index is 0.616. The van der Waals surface area contributed by atoms with E-state index in [1.54, 1.807) is 25.2 Å². The van der Waals surface area contributed by atoms with Gasteiger partial charge >= 0.3 is 0 Å². The zero-order valence-electron chi connectivity index (χ0n) is 17.0. The van der Waals surface area contributed by atoms with Gasteiger partial charge in [0.15, 0.2) is 11.5 Å². The predicted octanol–water partition coefficient (Wildman–Crippen LogP) is 3.47. The van der Waals surface area contributed by atoms with Crippen LogP contribution >= 0.6 is 11.8 Å². The summed E-state index contributed by atoms with van der Waals surface area (Å²) in [6.45, 7) is 5.21. The van der Waals surface area contributed by atoms with Crippen molar-refractivity contribution >= 4 is 28.4 Å². The Balaban J connectivity index is 1.50. The van der Waals surface area contributed by atoms with Crippen molar-refractivity contribution in [2.45, 2.75) is 16.3 Å². The SMILES string of the molecule is COc1cc2ncnc(Sc3cccc(N)c3)c2cc1OCCCN1CCOCC1. The maximum absolute atomic E-state index is 6.08. The van der Waals surface area contributed by atoms with Gasteiger partial charge in [0.2, 0.25) is 0 Å². The van der Waals surface area contributed by atoms with Crippen LogP contribution in [0.15, 0.2) is 52.6 Å².